The van der Waals surface area contributed by atoms with Crippen molar-refractivity contribution in [2.75, 3.05) is 19.6 Å². The lowest BCUT2D eigenvalue weighted by Gasteiger charge is -2.14. The van der Waals surface area contributed by atoms with Gasteiger partial charge in [0.1, 0.15) is 11.6 Å². The molecule has 0 spiro atoms. The standard InChI is InChI=1S/C14H17BrClFN2O/c1-9(8-20-2)7-19-13-5-10(15)11(17)6-12(13)18-14(19)3-4-16/h5-6,9H,3-4,7-8H2,1-2H3. The van der Waals surface area contributed by atoms with Crippen LogP contribution in [0.1, 0.15) is 12.7 Å². The number of alkyl halides is 1. The Morgan fingerprint density at radius 2 is 2.25 bits per heavy atom. The highest BCUT2D eigenvalue weighted by Gasteiger charge is 2.15. The molecule has 3 nitrogen and oxygen atoms in total. The number of nitrogens with zero attached hydrogens (tertiary/aromatic N) is 2. The highest BCUT2D eigenvalue weighted by atomic mass is 79.9. The molecule has 1 heterocycles. The van der Waals surface area contributed by atoms with E-state index in [9.17, 15) is 4.39 Å². The normalized spacial score (nSPS) is 13.1. The summed E-state index contributed by atoms with van der Waals surface area (Å²) in [7, 11) is 1.69. The van der Waals surface area contributed by atoms with E-state index >= 15 is 0 Å². The number of hydrogen-bond donors (Lipinski definition) is 0. The van der Waals surface area contributed by atoms with Crippen LogP contribution < -0.4 is 0 Å². The minimum absolute atomic E-state index is 0.301. The first-order valence-corrected chi connectivity index (χ1v) is 7.78. The second-order valence-corrected chi connectivity index (χ2v) is 6.13. The molecule has 1 aromatic heterocycles. The third kappa shape index (κ3) is 3.32. The maximum Gasteiger partial charge on any atom is 0.139 e. The quantitative estimate of drug-likeness (QED) is 0.725. The van der Waals surface area contributed by atoms with Gasteiger partial charge in [0.2, 0.25) is 0 Å². The van der Waals surface area contributed by atoms with Crippen LogP contribution in [0.5, 0.6) is 0 Å². The van der Waals surface area contributed by atoms with E-state index in [4.69, 9.17) is 16.3 Å². The molecular weight excluding hydrogens is 347 g/mol. The monoisotopic (exact) mass is 362 g/mol. The Bertz CT molecular complexity index is 602. The second kappa shape index (κ2) is 6.87. The van der Waals surface area contributed by atoms with Gasteiger partial charge in [0.15, 0.2) is 0 Å². The lowest BCUT2D eigenvalue weighted by molar-refractivity contribution is 0.151. The molecule has 1 unspecified atom stereocenters. The molecule has 1 atom stereocenters. The Morgan fingerprint density at radius 3 is 2.90 bits per heavy atom. The van der Waals surface area contributed by atoms with Crippen molar-refractivity contribution in [3.8, 4) is 0 Å². The first kappa shape index (κ1) is 15.7. The Kier molecular flexibility index (Phi) is 5.41. The van der Waals surface area contributed by atoms with Gasteiger partial charge in [0, 0.05) is 32.0 Å². The molecular formula is C14H17BrClFN2O. The summed E-state index contributed by atoms with van der Waals surface area (Å²) in [4.78, 5) is 4.49. The summed E-state index contributed by atoms with van der Waals surface area (Å²) in [6.07, 6.45) is 0.662. The fraction of sp³-hybridized carbons (Fsp3) is 0.500. The van der Waals surface area contributed by atoms with Gasteiger partial charge in [0.05, 0.1) is 22.1 Å². The summed E-state index contributed by atoms with van der Waals surface area (Å²) in [6, 6.07) is 3.23. The molecule has 110 valence electrons. The number of hydrogen-bond acceptors (Lipinski definition) is 2. The number of imidazole rings is 1. The fourth-order valence-electron chi connectivity index (χ4n) is 2.30. The Balaban J connectivity index is 2.47. The molecule has 2 aromatic rings. The molecule has 0 bridgehead atoms. The number of aryl methyl sites for hydroxylation is 1. The molecule has 0 saturated heterocycles. The summed E-state index contributed by atoms with van der Waals surface area (Å²) < 4.78 is 21.3. The Morgan fingerprint density at radius 1 is 1.50 bits per heavy atom. The van der Waals surface area contributed by atoms with E-state index in [2.05, 4.69) is 32.4 Å². The third-order valence-corrected chi connectivity index (χ3v) is 3.93. The number of ether oxygens (including phenoxy) is 1. The van der Waals surface area contributed by atoms with Crippen LogP contribution in [-0.2, 0) is 17.7 Å². The molecule has 1 aromatic carbocycles. The average Bonchev–Trinajstić information content (AvgIpc) is 2.69. The highest BCUT2D eigenvalue weighted by molar-refractivity contribution is 9.10. The lowest BCUT2D eigenvalue weighted by Crippen LogP contribution is -2.15. The number of rotatable bonds is 6. The smallest absolute Gasteiger partial charge is 0.139 e. The van der Waals surface area contributed by atoms with Crippen LogP contribution in [-0.4, -0.2) is 29.1 Å². The van der Waals surface area contributed by atoms with E-state index in [-0.39, 0.29) is 5.82 Å². The van der Waals surface area contributed by atoms with E-state index in [1.165, 1.54) is 6.07 Å². The Labute approximate surface area is 131 Å². The SMILES string of the molecule is COCC(C)Cn1c(CCCl)nc2cc(F)c(Br)cc21. The molecule has 20 heavy (non-hydrogen) atoms. The molecule has 0 radical (unpaired) electrons. The van der Waals surface area contributed by atoms with E-state index in [1.54, 1.807) is 13.2 Å². The molecule has 0 amide bonds. The highest BCUT2D eigenvalue weighted by Crippen LogP contribution is 2.25. The van der Waals surface area contributed by atoms with Crippen molar-refractivity contribution >= 4 is 38.6 Å². The van der Waals surface area contributed by atoms with Crippen molar-refractivity contribution in [3.63, 3.8) is 0 Å². The molecule has 0 aliphatic carbocycles. The number of benzene rings is 1. The van der Waals surface area contributed by atoms with Crippen molar-refractivity contribution in [1.82, 2.24) is 9.55 Å². The van der Waals surface area contributed by atoms with Crippen molar-refractivity contribution in [2.24, 2.45) is 5.92 Å². The summed E-state index contributed by atoms with van der Waals surface area (Å²) >= 11 is 9.06. The summed E-state index contributed by atoms with van der Waals surface area (Å²) in [5.74, 6) is 1.42. The molecule has 0 saturated carbocycles. The first-order chi connectivity index (χ1) is 9.56. The van der Waals surface area contributed by atoms with Crippen molar-refractivity contribution < 1.29 is 9.13 Å². The fourth-order valence-corrected chi connectivity index (χ4v) is 2.80. The van der Waals surface area contributed by atoms with Crippen LogP contribution >= 0.6 is 27.5 Å². The third-order valence-electron chi connectivity index (χ3n) is 3.13. The number of methoxy groups -OCH3 is 1. The molecule has 0 fully saturated rings. The molecule has 0 aliphatic rings. The van der Waals surface area contributed by atoms with Gasteiger partial charge in [-0.05, 0) is 27.9 Å². The largest absolute Gasteiger partial charge is 0.384 e. The van der Waals surface area contributed by atoms with Gasteiger partial charge in [-0.3, -0.25) is 0 Å². The van der Waals surface area contributed by atoms with Crippen LogP contribution in [0.2, 0.25) is 0 Å². The van der Waals surface area contributed by atoms with Crippen LogP contribution in [0.3, 0.4) is 0 Å². The maximum absolute atomic E-state index is 13.6. The van der Waals surface area contributed by atoms with Gasteiger partial charge in [-0.15, -0.1) is 11.6 Å². The minimum Gasteiger partial charge on any atom is -0.384 e. The van der Waals surface area contributed by atoms with E-state index in [0.717, 1.165) is 17.9 Å². The molecule has 2 rings (SSSR count). The van der Waals surface area contributed by atoms with E-state index in [1.807, 2.05) is 0 Å². The van der Waals surface area contributed by atoms with Crippen molar-refractivity contribution in [3.05, 3.63) is 28.2 Å². The van der Waals surface area contributed by atoms with E-state index in [0.29, 0.717) is 34.8 Å². The van der Waals surface area contributed by atoms with Crippen LogP contribution in [0.15, 0.2) is 16.6 Å². The predicted octanol–water partition coefficient (Wildman–Crippen LogP) is 4.00. The van der Waals surface area contributed by atoms with Crippen LogP contribution in [0, 0.1) is 11.7 Å². The predicted molar refractivity (Wildman–Crippen MR) is 82.9 cm³/mol. The van der Waals surface area contributed by atoms with Gasteiger partial charge < -0.3 is 9.30 Å². The van der Waals surface area contributed by atoms with Crippen LogP contribution in [0.4, 0.5) is 4.39 Å². The van der Waals surface area contributed by atoms with Crippen molar-refractivity contribution in [2.45, 2.75) is 19.9 Å². The zero-order chi connectivity index (χ0) is 14.7. The average molecular weight is 364 g/mol. The summed E-state index contributed by atoms with van der Waals surface area (Å²) in [6.45, 7) is 3.55. The maximum atomic E-state index is 13.6. The lowest BCUT2D eigenvalue weighted by atomic mass is 10.2. The van der Waals surface area contributed by atoms with Gasteiger partial charge >= 0.3 is 0 Å². The topological polar surface area (TPSA) is 27.1 Å². The molecule has 0 N–H and O–H groups in total. The minimum atomic E-state index is -0.301. The van der Waals surface area contributed by atoms with Gasteiger partial charge in [-0.25, -0.2) is 9.37 Å². The summed E-state index contributed by atoms with van der Waals surface area (Å²) in [5, 5.41) is 0. The van der Waals surface area contributed by atoms with Gasteiger partial charge in [-0.2, -0.15) is 0 Å². The Hall–Kier alpha value is -0.650. The summed E-state index contributed by atoms with van der Waals surface area (Å²) in [5.41, 5.74) is 1.58. The first-order valence-electron chi connectivity index (χ1n) is 6.45. The number of halogens is 3. The number of aromatic nitrogens is 2. The zero-order valence-electron chi connectivity index (χ0n) is 11.5. The van der Waals surface area contributed by atoms with Crippen molar-refractivity contribution in [1.29, 1.82) is 0 Å². The van der Waals surface area contributed by atoms with Gasteiger partial charge in [0.25, 0.3) is 0 Å². The zero-order valence-corrected chi connectivity index (χ0v) is 13.8. The van der Waals surface area contributed by atoms with Crippen LogP contribution in [0.25, 0.3) is 11.0 Å². The van der Waals surface area contributed by atoms with E-state index < -0.39 is 0 Å². The molecule has 6 heteroatoms. The number of fused-ring (bicyclic) bond motifs is 1. The molecule has 0 aliphatic heterocycles. The second-order valence-electron chi connectivity index (χ2n) is 4.89. The van der Waals surface area contributed by atoms with Gasteiger partial charge in [-0.1, -0.05) is 6.92 Å².